The van der Waals surface area contributed by atoms with Gasteiger partial charge in [-0.15, -0.1) is 11.3 Å². The van der Waals surface area contributed by atoms with Gasteiger partial charge in [0, 0.05) is 35.9 Å². The molecule has 1 N–H and O–H groups in total. The van der Waals surface area contributed by atoms with Crippen molar-refractivity contribution in [2.24, 2.45) is 0 Å². The maximum absolute atomic E-state index is 12.9. The summed E-state index contributed by atoms with van der Waals surface area (Å²) in [5.74, 6) is 0.611. The molecule has 9 heteroatoms. The molecule has 1 aliphatic heterocycles. The van der Waals surface area contributed by atoms with Crippen molar-refractivity contribution >= 4 is 27.3 Å². The third kappa shape index (κ3) is 4.60. The number of hydrogen-bond acceptors (Lipinski definition) is 6. The number of hydrogen-bond donors (Lipinski definition) is 1. The number of furan rings is 1. The summed E-state index contributed by atoms with van der Waals surface area (Å²) in [6, 6.07) is 5.15. The minimum absolute atomic E-state index is 0.0977. The third-order valence-corrected chi connectivity index (χ3v) is 7.78. The fraction of sp³-hybridized carbons (Fsp3) is 0.500. The van der Waals surface area contributed by atoms with Crippen LogP contribution in [-0.2, 0) is 14.8 Å². The first-order valence-electron chi connectivity index (χ1n) is 8.89. The van der Waals surface area contributed by atoms with E-state index in [9.17, 15) is 13.2 Å². The largest absolute Gasteiger partial charge is 0.467 e. The van der Waals surface area contributed by atoms with Crippen LogP contribution in [0.2, 0.25) is 0 Å². The van der Waals surface area contributed by atoms with E-state index in [1.807, 2.05) is 31.7 Å². The molecule has 2 aromatic heterocycles. The first kappa shape index (κ1) is 20.1. The van der Waals surface area contributed by atoms with Gasteiger partial charge in [0.25, 0.3) is 0 Å². The molecule has 0 spiro atoms. The zero-order valence-corrected chi connectivity index (χ0v) is 17.4. The highest BCUT2D eigenvalue weighted by Crippen LogP contribution is 2.28. The van der Waals surface area contributed by atoms with Crippen molar-refractivity contribution in [1.29, 1.82) is 0 Å². The first-order chi connectivity index (χ1) is 12.8. The summed E-state index contributed by atoms with van der Waals surface area (Å²) in [5.41, 5.74) is 0. The SMILES string of the molecule is Cc1cc(S(=O)(=O)N2CCN(CC(=O)NC(C)c3ccco3)CC2)c(C)s1. The number of sulfonamides is 1. The van der Waals surface area contributed by atoms with Crippen LogP contribution < -0.4 is 5.32 Å². The zero-order chi connectivity index (χ0) is 19.6. The van der Waals surface area contributed by atoms with Gasteiger partial charge in [-0.1, -0.05) is 0 Å². The van der Waals surface area contributed by atoms with Gasteiger partial charge in [0.1, 0.15) is 5.76 Å². The van der Waals surface area contributed by atoms with Crippen molar-refractivity contribution in [2.45, 2.75) is 31.7 Å². The molecule has 1 amide bonds. The molecular weight excluding hydrogens is 386 g/mol. The van der Waals surface area contributed by atoms with Crippen LogP contribution in [0.5, 0.6) is 0 Å². The number of carbonyl (C=O) groups is 1. The Morgan fingerprint density at radius 1 is 1.30 bits per heavy atom. The number of thiophene rings is 1. The van der Waals surface area contributed by atoms with E-state index in [4.69, 9.17) is 4.42 Å². The molecule has 1 atom stereocenters. The van der Waals surface area contributed by atoms with Gasteiger partial charge in [-0.25, -0.2) is 8.42 Å². The van der Waals surface area contributed by atoms with E-state index in [1.165, 1.54) is 15.6 Å². The molecule has 148 valence electrons. The molecule has 0 saturated carbocycles. The molecule has 3 rings (SSSR count). The van der Waals surface area contributed by atoms with E-state index >= 15 is 0 Å². The predicted molar refractivity (Wildman–Crippen MR) is 104 cm³/mol. The van der Waals surface area contributed by atoms with Gasteiger partial charge in [-0.3, -0.25) is 9.69 Å². The van der Waals surface area contributed by atoms with Gasteiger partial charge in [-0.2, -0.15) is 4.31 Å². The second-order valence-electron chi connectivity index (χ2n) is 6.76. The molecule has 1 unspecified atom stereocenters. The van der Waals surface area contributed by atoms with E-state index in [-0.39, 0.29) is 18.5 Å². The van der Waals surface area contributed by atoms with Gasteiger partial charge in [-0.05, 0) is 39.0 Å². The Kier molecular flexibility index (Phi) is 6.05. The lowest BCUT2D eigenvalue weighted by Gasteiger charge is -2.33. The highest BCUT2D eigenvalue weighted by atomic mass is 32.2. The van der Waals surface area contributed by atoms with E-state index in [2.05, 4.69) is 5.32 Å². The van der Waals surface area contributed by atoms with Crippen LogP contribution in [0.15, 0.2) is 33.8 Å². The molecule has 0 radical (unpaired) electrons. The summed E-state index contributed by atoms with van der Waals surface area (Å²) < 4.78 is 32.5. The standard InChI is InChI=1S/C18H25N3O4S2/c1-13-11-17(15(3)26-13)27(23,24)21-8-6-20(7-9-21)12-18(22)19-14(2)16-5-4-10-25-16/h4-5,10-11,14H,6-9,12H2,1-3H3,(H,19,22). The van der Waals surface area contributed by atoms with E-state index in [0.717, 1.165) is 9.75 Å². The summed E-state index contributed by atoms with van der Waals surface area (Å²) in [6.45, 7) is 7.70. The van der Waals surface area contributed by atoms with Crippen LogP contribution in [0.25, 0.3) is 0 Å². The average molecular weight is 412 g/mol. The van der Waals surface area contributed by atoms with Crippen LogP contribution in [0.1, 0.15) is 28.5 Å². The first-order valence-corrected chi connectivity index (χ1v) is 11.2. The molecule has 3 heterocycles. The van der Waals surface area contributed by atoms with Gasteiger partial charge < -0.3 is 9.73 Å². The molecule has 27 heavy (non-hydrogen) atoms. The fourth-order valence-corrected chi connectivity index (χ4v) is 6.18. The molecule has 1 fully saturated rings. The Hall–Kier alpha value is -1.68. The maximum Gasteiger partial charge on any atom is 0.244 e. The molecule has 1 saturated heterocycles. The number of amides is 1. The lowest BCUT2D eigenvalue weighted by molar-refractivity contribution is -0.123. The summed E-state index contributed by atoms with van der Waals surface area (Å²) in [7, 11) is -3.47. The second kappa shape index (κ2) is 8.14. The third-order valence-electron chi connectivity index (χ3n) is 4.66. The lowest BCUT2D eigenvalue weighted by atomic mass is 10.2. The van der Waals surface area contributed by atoms with Crippen LogP contribution in [-0.4, -0.2) is 56.3 Å². The predicted octanol–water partition coefficient (Wildman–Crippen LogP) is 2.14. The minimum atomic E-state index is -3.47. The number of nitrogens with zero attached hydrogens (tertiary/aromatic N) is 2. The van der Waals surface area contributed by atoms with Gasteiger partial charge in [0.2, 0.25) is 15.9 Å². The van der Waals surface area contributed by atoms with E-state index in [1.54, 1.807) is 18.4 Å². The fourth-order valence-electron chi connectivity index (χ4n) is 3.23. The van der Waals surface area contributed by atoms with Crippen molar-refractivity contribution < 1.29 is 17.6 Å². The summed E-state index contributed by atoms with van der Waals surface area (Å²) in [4.78, 5) is 16.4. The quantitative estimate of drug-likeness (QED) is 0.787. The van der Waals surface area contributed by atoms with Gasteiger partial charge in [0.05, 0.1) is 23.7 Å². The maximum atomic E-state index is 12.9. The Balaban J connectivity index is 1.53. The zero-order valence-electron chi connectivity index (χ0n) is 15.8. The van der Waals surface area contributed by atoms with Crippen molar-refractivity contribution in [3.8, 4) is 0 Å². The number of rotatable bonds is 6. The van der Waals surface area contributed by atoms with Crippen LogP contribution in [0.4, 0.5) is 0 Å². The van der Waals surface area contributed by atoms with E-state index < -0.39 is 10.0 Å². The number of piperazine rings is 1. The Bertz CT molecular complexity index is 882. The summed E-state index contributed by atoms with van der Waals surface area (Å²) in [5, 5.41) is 2.90. The number of nitrogens with one attached hydrogen (secondary N) is 1. The summed E-state index contributed by atoms with van der Waals surface area (Å²) in [6.07, 6.45) is 1.58. The van der Waals surface area contributed by atoms with Crippen molar-refractivity contribution in [1.82, 2.24) is 14.5 Å². The highest BCUT2D eigenvalue weighted by Gasteiger charge is 2.31. The topological polar surface area (TPSA) is 82.9 Å². The van der Waals surface area contributed by atoms with Crippen LogP contribution >= 0.6 is 11.3 Å². The minimum Gasteiger partial charge on any atom is -0.467 e. The van der Waals surface area contributed by atoms with Crippen LogP contribution in [0.3, 0.4) is 0 Å². The lowest BCUT2D eigenvalue weighted by Crippen LogP contribution is -2.51. The second-order valence-corrected chi connectivity index (χ2v) is 10.1. The molecule has 7 nitrogen and oxygen atoms in total. The Morgan fingerprint density at radius 3 is 2.56 bits per heavy atom. The molecule has 2 aromatic rings. The van der Waals surface area contributed by atoms with Crippen molar-refractivity contribution in [3.63, 3.8) is 0 Å². The molecular formula is C18H25N3O4S2. The van der Waals surface area contributed by atoms with Crippen molar-refractivity contribution in [3.05, 3.63) is 40.0 Å². The van der Waals surface area contributed by atoms with E-state index in [0.29, 0.717) is 36.8 Å². The normalized spacial score (nSPS) is 17.7. The molecule has 0 aromatic carbocycles. The Morgan fingerprint density at radius 2 is 2.00 bits per heavy atom. The summed E-state index contributed by atoms with van der Waals surface area (Å²) >= 11 is 1.50. The number of aryl methyl sites for hydroxylation is 2. The molecule has 0 aliphatic carbocycles. The van der Waals surface area contributed by atoms with Crippen LogP contribution in [0, 0.1) is 13.8 Å². The average Bonchev–Trinajstić information content (AvgIpc) is 3.25. The van der Waals surface area contributed by atoms with Gasteiger partial charge >= 0.3 is 0 Å². The highest BCUT2D eigenvalue weighted by molar-refractivity contribution is 7.89. The number of carbonyl (C=O) groups excluding carboxylic acids is 1. The Labute approximate surface area is 164 Å². The van der Waals surface area contributed by atoms with Gasteiger partial charge in [0.15, 0.2) is 0 Å². The van der Waals surface area contributed by atoms with Crippen molar-refractivity contribution in [2.75, 3.05) is 32.7 Å². The molecule has 1 aliphatic rings. The molecule has 0 bridgehead atoms. The smallest absolute Gasteiger partial charge is 0.244 e. The monoisotopic (exact) mass is 411 g/mol.